The van der Waals surface area contributed by atoms with Crippen molar-refractivity contribution in [3.63, 3.8) is 0 Å². The van der Waals surface area contributed by atoms with Crippen LogP contribution in [-0.4, -0.2) is 30.1 Å². The molecule has 1 aromatic rings. The average molecular weight is 393 g/mol. The standard InChI is InChI=1S/C21H31NO6/c1-2-3-4-5-6-7-15-27-20(23)12-9-13-21(24)28-16-14-18-10-8-11-19(17-18)22(25)26/h8,10-11,17H,2-7,9,12-16H2,1H3. The van der Waals surface area contributed by atoms with Gasteiger partial charge in [0.1, 0.15) is 0 Å². The highest BCUT2D eigenvalue weighted by atomic mass is 16.6. The zero-order valence-electron chi connectivity index (χ0n) is 16.7. The Morgan fingerprint density at radius 1 is 0.929 bits per heavy atom. The number of ether oxygens (including phenoxy) is 2. The molecule has 0 bridgehead atoms. The maximum Gasteiger partial charge on any atom is 0.305 e. The molecule has 0 heterocycles. The van der Waals surface area contributed by atoms with Gasteiger partial charge in [-0.3, -0.25) is 19.7 Å². The van der Waals surface area contributed by atoms with E-state index in [9.17, 15) is 19.7 Å². The minimum Gasteiger partial charge on any atom is -0.466 e. The van der Waals surface area contributed by atoms with Crippen LogP contribution in [0.4, 0.5) is 5.69 Å². The average Bonchev–Trinajstić information content (AvgIpc) is 2.67. The first-order chi connectivity index (χ1) is 13.5. The Balaban J connectivity index is 2.05. The number of nitro groups is 1. The number of non-ortho nitro benzene ring substituents is 1. The van der Waals surface area contributed by atoms with Crippen LogP contribution in [0.3, 0.4) is 0 Å². The molecular weight excluding hydrogens is 362 g/mol. The molecule has 0 saturated heterocycles. The number of hydrogen-bond acceptors (Lipinski definition) is 6. The van der Waals surface area contributed by atoms with Crippen molar-refractivity contribution in [3.05, 3.63) is 39.9 Å². The summed E-state index contributed by atoms with van der Waals surface area (Å²) in [6.45, 7) is 2.77. The van der Waals surface area contributed by atoms with Crippen molar-refractivity contribution in [1.82, 2.24) is 0 Å². The molecule has 0 spiro atoms. The van der Waals surface area contributed by atoms with Crippen LogP contribution in [0.25, 0.3) is 0 Å². The molecule has 0 unspecified atom stereocenters. The normalized spacial score (nSPS) is 10.5. The Kier molecular flexibility index (Phi) is 12.3. The lowest BCUT2D eigenvalue weighted by Crippen LogP contribution is -2.10. The van der Waals surface area contributed by atoms with Crippen LogP contribution >= 0.6 is 0 Å². The second kappa shape index (κ2) is 14.6. The maximum absolute atomic E-state index is 11.7. The maximum atomic E-state index is 11.7. The highest BCUT2D eigenvalue weighted by Gasteiger charge is 2.09. The number of esters is 2. The number of unbranched alkanes of at least 4 members (excludes halogenated alkanes) is 5. The molecule has 0 aliphatic rings. The van der Waals surface area contributed by atoms with Gasteiger partial charge < -0.3 is 9.47 Å². The van der Waals surface area contributed by atoms with Crippen molar-refractivity contribution in [2.45, 2.75) is 71.1 Å². The van der Waals surface area contributed by atoms with E-state index in [4.69, 9.17) is 9.47 Å². The third kappa shape index (κ3) is 11.3. The van der Waals surface area contributed by atoms with Crippen molar-refractivity contribution in [2.75, 3.05) is 13.2 Å². The van der Waals surface area contributed by atoms with Crippen LogP contribution in [0.15, 0.2) is 24.3 Å². The first-order valence-electron chi connectivity index (χ1n) is 10.1. The van der Waals surface area contributed by atoms with Gasteiger partial charge in [-0.25, -0.2) is 0 Å². The Hall–Kier alpha value is -2.44. The molecule has 7 nitrogen and oxygen atoms in total. The van der Waals surface area contributed by atoms with Crippen LogP contribution in [0.2, 0.25) is 0 Å². The zero-order chi connectivity index (χ0) is 20.6. The molecule has 28 heavy (non-hydrogen) atoms. The van der Waals surface area contributed by atoms with Gasteiger partial charge in [0.05, 0.1) is 18.1 Å². The van der Waals surface area contributed by atoms with Crippen molar-refractivity contribution >= 4 is 17.6 Å². The number of hydrogen-bond donors (Lipinski definition) is 0. The smallest absolute Gasteiger partial charge is 0.305 e. The van der Waals surface area contributed by atoms with Crippen LogP contribution < -0.4 is 0 Å². The van der Waals surface area contributed by atoms with E-state index in [1.807, 2.05) is 0 Å². The molecule has 1 rings (SSSR count). The Labute approximate surface area is 166 Å². The van der Waals surface area contributed by atoms with E-state index in [1.165, 1.54) is 37.8 Å². The SMILES string of the molecule is CCCCCCCCOC(=O)CCCC(=O)OCCc1cccc([N+](=O)[O-])c1. The monoisotopic (exact) mass is 393 g/mol. The summed E-state index contributed by atoms with van der Waals surface area (Å²) in [6, 6.07) is 6.24. The summed E-state index contributed by atoms with van der Waals surface area (Å²) >= 11 is 0. The van der Waals surface area contributed by atoms with E-state index in [1.54, 1.807) is 12.1 Å². The molecule has 0 atom stereocenters. The lowest BCUT2D eigenvalue weighted by atomic mass is 10.1. The van der Waals surface area contributed by atoms with E-state index >= 15 is 0 Å². The molecule has 156 valence electrons. The first-order valence-corrected chi connectivity index (χ1v) is 10.1. The van der Waals surface area contributed by atoms with Gasteiger partial charge in [0.15, 0.2) is 0 Å². The topological polar surface area (TPSA) is 95.7 Å². The van der Waals surface area contributed by atoms with Crippen LogP contribution in [0.1, 0.15) is 70.3 Å². The second-order valence-electron chi connectivity index (χ2n) is 6.74. The summed E-state index contributed by atoms with van der Waals surface area (Å²) in [5, 5.41) is 10.7. The summed E-state index contributed by atoms with van der Waals surface area (Å²) in [7, 11) is 0. The zero-order valence-corrected chi connectivity index (χ0v) is 16.7. The second-order valence-corrected chi connectivity index (χ2v) is 6.74. The Morgan fingerprint density at radius 3 is 2.25 bits per heavy atom. The largest absolute Gasteiger partial charge is 0.466 e. The van der Waals surface area contributed by atoms with Gasteiger partial charge >= 0.3 is 11.9 Å². The predicted molar refractivity (Wildman–Crippen MR) is 106 cm³/mol. The van der Waals surface area contributed by atoms with Crippen molar-refractivity contribution in [1.29, 1.82) is 0 Å². The van der Waals surface area contributed by atoms with E-state index in [0.717, 1.165) is 18.4 Å². The Morgan fingerprint density at radius 2 is 1.57 bits per heavy atom. The molecule has 0 aromatic heterocycles. The van der Waals surface area contributed by atoms with E-state index in [-0.39, 0.29) is 37.1 Å². The molecule has 0 fully saturated rings. The van der Waals surface area contributed by atoms with Gasteiger partial charge in [0.25, 0.3) is 5.69 Å². The van der Waals surface area contributed by atoms with Crippen LogP contribution in [-0.2, 0) is 25.5 Å². The summed E-state index contributed by atoms with van der Waals surface area (Å²) in [4.78, 5) is 33.6. The summed E-state index contributed by atoms with van der Waals surface area (Å²) in [5.74, 6) is -0.660. The van der Waals surface area contributed by atoms with Gasteiger partial charge in [-0.15, -0.1) is 0 Å². The number of carbonyl (C=O) groups excluding carboxylic acids is 2. The number of carbonyl (C=O) groups is 2. The fourth-order valence-electron chi connectivity index (χ4n) is 2.70. The number of rotatable bonds is 15. The molecule has 1 aromatic carbocycles. The predicted octanol–water partition coefficient (Wildman–Crippen LogP) is 4.75. The molecule has 7 heteroatoms. The molecule has 0 saturated carbocycles. The summed E-state index contributed by atoms with van der Waals surface area (Å²) < 4.78 is 10.3. The highest BCUT2D eigenvalue weighted by Crippen LogP contribution is 2.13. The third-order valence-corrected chi connectivity index (χ3v) is 4.30. The van der Waals surface area contributed by atoms with Crippen LogP contribution in [0, 0.1) is 10.1 Å². The molecule has 0 N–H and O–H groups in total. The minimum absolute atomic E-state index is 0.0169. The Bertz CT molecular complexity index is 617. The third-order valence-electron chi connectivity index (χ3n) is 4.30. The summed E-state index contributed by atoms with van der Waals surface area (Å²) in [5.41, 5.74) is 0.753. The highest BCUT2D eigenvalue weighted by molar-refractivity contribution is 5.72. The summed E-state index contributed by atoms with van der Waals surface area (Å²) in [6.07, 6.45) is 7.99. The quantitative estimate of drug-likeness (QED) is 0.185. The van der Waals surface area contributed by atoms with E-state index < -0.39 is 4.92 Å². The van der Waals surface area contributed by atoms with Gasteiger partial charge in [0.2, 0.25) is 0 Å². The van der Waals surface area contributed by atoms with E-state index in [0.29, 0.717) is 19.4 Å². The molecule has 0 amide bonds. The fourth-order valence-corrected chi connectivity index (χ4v) is 2.70. The van der Waals surface area contributed by atoms with Gasteiger partial charge in [0, 0.05) is 31.4 Å². The number of nitrogens with zero attached hydrogens (tertiary/aromatic N) is 1. The number of benzene rings is 1. The van der Waals surface area contributed by atoms with E-state index in [2.05, 4.69) is 6.92 Å². The van der Waals surface area contributed by atoms with Crippen LogP contribution in [0.5, 0.6) is 0 Å². The van der Waals surface area contributed by atoms with Gasteiger partial charge in [-0.1, -0.05) is 51.2 Å². The molecule has 0 aliphatic heterocycles. The van der Waals surface area contributed by atoms with Gasteiger partial charge in [-0.05, 0) is 18.4 Å². The lowest BCUT2D eigenvalue weighted by molar-refractivity contribution is -0.384. The van der Waals surface area contributed by atoms with Crippen molar-refractivity contribution in [2.24, 2.45) is 0 Å². The first kappa shape index (κ1) is 23.6. The fraction of sp³-hybridized carbons (Fsp3) is 0.619. The lowest BCUT2D eigenvalue weighted by Gasteiger charge is -2.06. The van der Waals surface area contributed by atoms with Gasteiger partial charge in [-0.2, -0.15) is 0 Å². The minimum atomic E-state index is -0.457. The molecular formula is C21H31NO6. The number of nitro benzene ring substituents is 1. The molecule has 0 radical (unpaired) electrons. The van der Waals surface area contributed by atoms with Crippen molar-refractivity contribution in [3.8, 4) is 0 Å². The molecule has 0 aliphatic carbocycles. The van der Waals surface area contributed by atoms with Crippen molar-refractivity contribution < 1.29 is 24.0 Å².